The van der Waals surface area contributed by atoms with Crippen molar-refractivity contribution in [3.05, 3.63) is 69.9 Å². The fraction of sp³-hybridized carbons (Fsp3) is 0.333. The summed E-state index contributed by atoms with van der Waals surface area (Å²) in [6.07, 6.45) is 1.93. The van der Waals surface area contributed by atoms with E-state index < -0.39 is 0 Å². The van der Waals surface area contributed by atoms with Gasteiger partial charge in [0.05, 0.1) is 0 Å². The van der Waals surface area contributed by atoms with Gasteiger partial charge in [0.25, 0.3) is 0 Å². The number of hydrogen-bond donors (Lipinski definition) is 1. The maximum absolute atomic E-state index is 13.5. The standard InChI is InChI=1S/C18H21BrFN/c1-2-10-21-13-16(14-6-4-3-5-7-14)11-15-12-17(20)8-9-18(15)19/h3-9,12,16,21H,2,10-11,13H2,1H3. The average Bonchev–Trinajstić information content (AvgIpc) is 2.51. The Kier molecular flexibility index (Phi) is 6.40. The van der Waals surface area contributed by atoms with Crippen molar-refractivity contribution in [2.45, 2.75) is 25.7 Å². The molecule has 0 amide bonds. The Hall–Kier alpha value is -1.19. The molecule has 0 spiro atoms. The summed E-state index contributed by atoms with van der Waals surface area (Å²) < 4.78 is 14.4. The van der Waals surface area contributed by atoms with Crippen molar-refractivity contribution in [1.82, 2.24) is 5.32 Å². The predicted molar refractivity (Wildman–Crippen MR) is 90.1 cm³/mol. The molecule has 1 nitrogen and oxygen atoms in total. The topological polar surface area (TPSA) is 12.0 Å². The van der Waals surface area contributed by atoms with Crippen LogP contribution in [-0.2, 0) is 6.42 Å². The lowest BCUT2D eigenvalue weighted by Gasteiger charge is -2.19. The van der Waals surface area contributed by atoms with Crippen LogP contribution >= 0.6 is 15.9 Å². The molecule has 0 bridgehead atoms. The molecule has 0 saturated carbocycles. The van der Waals surface area contributed by atoms with E-state index in [1.54, 1.807) is 12.1 Å². The van der Waals surface area contributed by atoms with Crippen LogP contribution < -0.4 is 5.32 Å². The first-order chi connectivity index (χ1) is 10.2. The molecule has 0 aromatic heterocycles. The first kappa shape index (κ1) is 16.2. The van der Waals surface area contributed by atoms with Crippen LogP contribution in [0.1, 0.15) is 30.4 Å². The van der Waals surface area contributed by atoms with E-state index in [-0.39, 0.29) is 5.82 Å². The zero-order chi connectivity index (χ0) is 15.1. The predicted octanol–water partition coefficient (Wildman–Crippen LogP) is 4.91. The molecule has 0 radical (unpaired) electrons. The van der Waals surface area contributed by atoms with E-state index in [9.17, 15) is 4.39 Å². The second-order valence-electron chi connectivity index (χ2n) is 5.25. The molecular weight excluding hydrogens is 329 g/mol. The van der Waals surface area contributed by atoms with Crippen LogP contribution in [0.5, 0.6) is 0 Å². The van der Waals surface area contributed by atoms with Gasteiger partial charge in [0, 0.05) is 16.9 Å². The van der Waals surface area contributed by atoms with E-state index in [1.807, 2.05) is 6.07 Å². The van der Waals surface area contributed by atoms with E-state index in [0.717, 1.165) is 36.0 Å². The first-order valence-corrected chi connectivity index (χ1v) is 8.19. The molecule has 0 aliphatic heterocycles. The zero-order valence-electron chi connectivity index (χ0n) is 12.3. The van der Waals surface area contributed by atoms with Crippen LogP contribution in [0.2, 0.25) is 0 Å². The Labute approximate surface area is 134 Å². The minimum atomic E-state index is -0.179. The van der Waals surface area contributed by atoms with Gasteiger partial charge >= 0.3 is 0 Å². The van der Waals surface area contributed by atoms with Gasteiger partial charge in [-0.3, -0.25) is 0 Å². The molecule has 0 fully saturated rings. The Morgan fingerprint density at radius 1 is 1.14 bits per heavy atom. The summed E-state index contributed by atoms with van der Waals surface area (Å²) in [6.45, 7) is 4.07. The van der Waals surface area contributed by atoms with Crippen LogP contribution in [-0.4, -0.2) is 13.1 Å². The minimum absolute atomic E-state index is 0.179. The van der Waals surface area contributed by atoms with Gasteiger partial charge in [0.15, 0.2) is 0 Å². The summed E-state index contributed by atoms with van der Waals surface area (Å²) in [7, 11) is 0. The maximum Gasteiger partial charge on any atom is 0.123 e. The average molecular weight is 350 g/mol. The van der Waals surface area contributed by atoms with Crippen LogP contribution in [0.3, 0.4) is 0 Å². The molecule has 3 heteroatoms. The second kappa shape index (κ2) is 8.30. The number of rotatable bonds is 7. The maximum atomic E-state index is 13.5. The summed E-state index contributed by atoms with van der Waals surface area (Å²) >= 11 is 3.53. The molecule has 1 unspecified atom stereocenters. The van der Waals surface area contributed by atoms with Gasteiger partial charge in [0.2, 0.25) is 0 Å². The monoisotopic (exact) mass is 349 g/mol. The van der Waals surface area contributed by atoms with Crippen molar-refractivity contribution in [2.24, 2.45) is 0 Å². The molecule has 2 aromatic rings. The van der Waals surface area contributed by atoms with Crippen LogP contribution in [0.4, 0.5) is 4.39 Å². The van der Waals surface area contributed by atoms with E-state index in [2.05, 4.69) is 52.4 Å². The van der Waals surface area contributed by atoms with Crippen LogP contribution in [0, 0.1) is 5.82 Å². The summed E-state index contributed by atoms with van der Waals surface area (Å²) in [5, 5.41) is 3.48. The molecule has 2 aromatic carbocycles. The summed E-state index contributed by atoms with van der Waals surface area (Å²) in [4.78, 5) is 0. The quantitative estimate of drug-likeness (QED) is 0.700. The molecule has 0 aliphatic rings. The Morgan fingerprint density at radius 3 is 2.62 bits per heavy atom. The Balaban J connectivity index is 2.17. The second-order valence-corrected chi connectivity index (χ2v) is 6.11. The first-order valence-electron chi connectivity index (χ1n) is 7.40. The molecule has 0 saturated heterocycles. The van der Waals surface area contributed by atoms with Gasteiger partial charge in [-0.15, -0.1) is 0 Å². The van der Waals surface area contributed by atoms with Crippen LogP contribution in [0.25, 0.3) is 0 Å². The van der Waals surface area contributed by atoms with E-state index in [0.29, 0.717) is 5.92 Å². The van der Waals surface area contributed by atoms with Gasteiger partial charge in [0.1, 0.15) is 5.82 Å². The molecule has 0 aliphatic carbocycles. The van der Waals surface area contributed by atoms with Crippen LogP contribution in [0.15, 0.2) is 53.0 Å². The van der Waals surface area contributed by atoms with Crippen molar-refractivity contribution >= 4 is 15.9 Å². The highest BCUT2D eigenvalue weighted by Gasteiger charge is 2.14. The third-order valence-corrected chi connectivity index (χ3v) is 4.34. The van der Waals surface area contributed by atoms with Crippen molar-refractivity contribution in [3.63, 3.8) is 0 Å². The molecule has 1 N–H and O–H groups in total. The fourth-order valence-corrected chi connectivity index (χ4v) is 2.86. The highest BCUT2D eigenvalue weighted by atomic mass is 79.9. The molecule has 1 atom stereocenters. The van der Waals surface area contributed by atoms with Crippen molar-refractivity contribution < 1.29 is 4.39 Å². The lowest BCUT2D eigenvalue weighted by atomic mass is 9.92. The van der Waals surface area contributed by atoms with Gasteiger partial charge in [-0.25, -0.2) is 4.39 Å². The largest absolute Gasteiger partial charge is 0.316 e. The summed E-state index contributed by atoms with van der Waals surface area (Å²) in [6, 6.07) is 15.3. The third-order valence-electron chi connectivity index (χ3n) is 3.56. The molecule has 0 heterocycles. The SMILES string of the molecule is CCCNCC(Cc1cc(F)ccc1Br)c1ccccc1. The number of nitrogens with one attached hydrogen (secondary N) is 1. The third kappa shape index (κ3) is 4.94. The number of halogens is 2. The number of hydrogen-bond acceptors (Lipinski definition) is 1. The molecule has 21 heavy (non-hydrogen) atoms. The molecule has 2 rings (SSSR count). The van der Waals surface area contributed by atoms with Crippen molar-refractivity contribution in [1.29, 1.82) is 0 Å². The van der Waals surface area contributed by atoms with E-state index in [4.69, 9.17) is 0 Å². The highest BCUT2D eigenvalue weighted by molar-refractivity contribution is 9.10. The van der Waals surface area contributed by atoms with Gasteiger partial charge in [-0.2, -0.15) is 0 Å². The lowest BCUT2D eigenvalue weighted by molar-refractivity contribution is 0.572. The lowest BCUT2D eigenvalue weighted by Crippen LogP contribution is -2.23. The zero-order valence-corrected chi connectivity index (χ0v) is 13.9. The summed E-state index contributed by atoms with van der Waals surface area (Å²) in [5.41, 5.74) is 2.31. The van der Waals surface area contributed by atoms with Crippen molar-refractivity contribution in [3.8, 4) is 0 Å². The van der Waals surface area contributed by atoms with Gasteiger partial charge in [-0.1, -0.05) is 53.2 Å². The fourth-order valence-electron chi connectivity index (χ4n) is 2.45. The number of benzene rings is 2. The Morgan fingerprint density at radius 2 is 1.90 bits per heavy atom. The van der Waals surface area contributed by atoms with E-state index >= 15 is 0 Å². The molecular formula is C18H21BrFN. The summed E-state index contributed by atoms with van der Waals surface area (Å²) in [5.74, 6) is 0.164. The molecule has 112 valence electrons. The van der Waals surface area contributed by atoms with Gasteiger partial charge in [-0.05, 0) is 48.7 Å². The normalized spacial score (nSPS) is 12.3. The Bertz CT molecular complexity index is 556. The smallest absolute Gasteiger partial charge is 0.123 e. The van der Waals surface area contributed by atoms with Crippen molar-refractivity contribution in [2.75, 3.05) is 13.1 Å². The van der Waals surface area contributed by atoms with E-state index in [1.165, 1.54) is 11.6 Å². The highest BCUT2D eigenvalue weighted by Crippen LogP contribution is 2.26. The minimum Gasteiger partial charge on any atom is -0.316 e. The van der Waals surface area contributed by atoms with Gasteiger partial charge < -0.3 is 5.32 Å².